The van der Waals surface area contributed by atoms with Crippen LogP contribution in [0.5, 0.6) is 0 Å². The lowest BCUT2D eigenvalue weighted by molar-refractivity contribution is -0.219. The van der Waals surface area contributed by atoms with Crippen molar-refractivity contribution in [3.8, 4) is 0 Å². The monoisotopic (exact) mass is 324 g/mol. The Morgan fingerprint density at radius 1 is 1.22 bits per heavy atom. The molecule has 1 aliphatic carbocycles. The molecule has 0 bridgehead atoms. The third-order valence-electron chi connectivity index (χ3n) is 4.89. The van der Waals surface area contributed by atoms with Crippen LogP contribution in [0.3, 0.4) is 0 Å². The first-order valence-electron chi connectivity index (χ1n) is 8.36. The van der Waals surface area contributed by atoms with E-state index in [-0.39, 0.29) is 12.4 Å². The Labute approximate surface area is 136 Å². The zero-order chi connectivity index (χ0) is 16.3. The standard InChI is InChI=1S/C18H25FO4/c1-17(20)8-4-5-9-18(22-10-11-23-18)12-16(17)21-13-14-6-2-3-7-15(14)19/h2-3,6-7,16,20H,4-5,8-13H2,1H3/t16-,17+/m0/s1. The molecule has 1 N–H and O–H groups in total. The normalized spacial score (nSPS) is 31.0. The Hall–Kier alpha value is -1.01. The van der Waals surface area contributed by atoms with Crippen LogP contribution in [0.4, 0.5) is 4.39 Å². The van der Waals surface area contributed by atoms with Crippen molar-refractivity contribution < 1.29 is 23.7 Å². The largest absolute Gasteiger partial charge is 0.387 e. The maximum atomic E-state index is 13.8. The summed E-state index contributed by atoms with van der Waals surface area (Å²) in [5.41, 5.74) is -0.485. The molecule has 0 radical (unpaired) electrons. The van der Waals surface area contributed by atoms with E-state index in [0.29, 0.717) is 31.6 Å². The van der Waals surface area contributed by atoms with Crippen LogP contribution in [0, 0.1) is 5.82 Å². The van der Waals surface area contributed by atoms with Gasteiger partial charge in [-0.2, -0.15) is 0 Å². The van der Waals surface area contributed by atoms with Gasteiger partial charge in [0.05, 0.1) is 31.5 Å². The topological polar surface area (TPSA) is 47.9 Å². The molecule has 1 saturated heterocycles. The van der Waals surface area contributed by atoms with E-state index in [2.05, 4.69) is 0 Å². The fourth-order valence-corrected chi connectivity index (χ4v) is 3.45. The molecule has 0 unspecified atom stereocenters. The number of benzene rings is 1. The van der Waals surface area contributed by atoms with E-state index in [1.54, 1.807) is 25.1 Å². The molecule has 2 aliphatic rings. The van der Waals surface area contributed by atoms with E-state index in [1.807, 2.05) is 0 Å². The number of hydrogen-bond acceptors (Lipinski definition) is 4. The fourth-order valence-electron chi connectivity index (χ4n) is 3.45. The second kappa shape index (κ2) is 6.85. The van der Waals surface area contributed by atoms with E-state index in [9.17, 15) is 9.50 Å². The first-order chi connectivity index (χ1) is 11.0. The van der Waals surface area contributed by atoms with Crippen LogP contribution in [-0.2, 0) is 20.8 Å². The van der Waals surface area contributed by atoms with Crippen LogP contribution in [0.2, 0.25) is 0 Å². The van der Waals surface area contributed by atoms with Crippen molar-refractivity contribution in [3.05, 3.63) is 35.6 Å². The number of hydrogen-bond donors (Lipinski definition) is 1. The van der Waals surface area contributed by atoms with Gasteiger partial charge >= 0.3 is 0 Å². The quantitative estimate of drug-likeness (QED) is 0.928. The molecular formula is C18H25FO4. The van der Waals surface area contributed by atoms with Gasteiger partial charge < -0.3 is 19.3 Å². The Morgan fingerprint density at radius 2 is 1.91 bits per heavy atom. The summed E-state index contributed by atoms with van der Waals surface area (Å²) in [7, 11) is 0. The van der Waals surface area contributed by atoms with Crippen LogP contribution in [0.1, 0.15) is 44.6 Å². The van der Waals surface area contributed by atoms with Gasteiger partial charge in [-0.3, -0.25) is 0 Å². The summed E-state index contributed by atoms with van der Waals surface area (Å²) in [5, 5.41) is 10.8. The van der Waals surface area contributed by atoms with Crippen molar-refractivity contribution in [1.82, 2.24) is 0 Å². The number of halogens is 1. The Morgan fingerprint density at radius 3 is 2.65 bits per heavy atom. The molecule has 23 heavy (non-hydrogen) atoms. The molecule has 2 fully saturated rings. The number of aliphatic hydroxyl groups is 1. The molecule has 0 amide bonds. The minimum atomic E-state index is -0.978. The smallest absolute Gasteiger partial charge is 0.171 e. The van der Waals surface area contributed by atoms with E-state index >= 15 is 0 Å². The van der Waals surface area contributed by atoms with Gasteiger partial charge in [0.1, 0.15) is 5.82 Å². The highest BCUT2D eigenvalue weighted by Crippen LogP contribution is 2.38. The maximum Gasteiger partial charge on any atom is 0.171 e. The van der Waals surface area contributed by atoms with E-state index in [0.717, 1.165) is 19.3 Å². The second-order valence-corrected chi connectivity index (χ2v) is 6.77. The highest BCUT2D eigenvalue weighted by atomic mass is 19.1. The summed E-state index contributed by atoms with van der Waals surface area (Å²) < 4.78 is 31.4. The van der Waals surface area contributed by atoms with Crippen molar-refractivity contribution in [3.63, 3.8) is 0 Å². The molecule has 1 aromatic carbocycles. The van der Waals surface area contributed by atoms with Crippen molar-refractivity contribution in [2.24, 2.45) is 0 Å². The molecule has 0 aromatic heterocycles. The van der Waals surface area contributed by atoms with E-state index in [1.165, 1.54) is 6.07 Å². The van der Waals surface area contributed by atoms with Gasteiger partial charge in [-0.15, -0.1) is 0 Å². The van der Waals surface area contributed by atoms with Crippen LogP contribution >= 0.6 is 0 Å². The van der Waals surface area contributed by atoms with Crippen molar-refractivity contribution >= 4 is 0 Å². The molecule has 1 aromatic rings. The lowest BCUT2D eigenvalue weighted by Gasteiger charge is -2.40. The summed E-state index contributed by atoms with van der Waals surface area (Å²) in [6.07, 6.45) is 3.32. The van der Waals surface area contributed by atoms with Crippen LogP contribution < -0.4 is 0 Å². The molecule has 3 rings (SSSR count). The van der Waals surface area contributed by atoms with Gasteiger partial charge in [0.2, 0.25) is 0 Å². The van der Waals surface area contributed by atoms with Gasteiger partial charge in [-0.25, -0.2) is 4.39 Å². The minimum absolute atomic E-state index is 0.129. The van der Waals surface area contributed by atoms with Crippen molar-refractivity contribution in [2.75, 3.05) is 13.2 Å². The highest BCUT2D eigenvalue weighted by Gasteiger charge is 2.45. The highest BCUT2D eigenvalue weighted by molar-refractivity contribution is 5.16. The lowest BCUT2D eigenvalue weighted by atomic mass is 9.83. The predicted octanol–water partition coefficient (Wildman–Crippen LogP) is 3.17. The first-order valence-corrected chi connectivity index (χ1v) is 8.36. The summed E-state index contributed by atoms with van der Waals surface area (Å²) in [6, 6.07) is 6.55. The van der Waals surface area contributed by atoms with Gasteiger partial charge in [0.25, 0.3) is 0 Å². The second-order valence-electron chi connectivity index (χ2n) is 6.77. The maximum absolute atomic E-state index is 13.8. The summed E-state index contributed by atoms with van der Waals surface area (Å²) in [4.78, 5) is 0. The molecule has 1 saturated carbocycles. The molecule has 5 heteroatoms. The average molecular weight is 324 g/mol. The average Bonchev–Trinajstić information content (AvgIpc) is 2.97. The van der Waals surface area contributed by atoms with Gasteiger partial charge in [-0.1, -0.05) is 24.6 Å². The molecule has 1 spiro atoms. The van der Waals surface area contributed by atoms with Crippen LogP contribution in [-0.4, -0.2) is 35.8 Å². The number of ether oxygens (including phenoxy) is 3. The molecule has 2 atom stereocenters. The first kappa shape index (κ1) is 16.8. The van der Waals surface area contributed by atoms with Gasteiger partial charge in [0.15, 0.2) is 5.79 Å². The Bertz CT molecular complexity index is 526. The Kier molecular flexibility index (Phi) is 5.01. The summed E-state index contributed by atoms with van der Waals surface area (Å²) >= 11 is 0. The molecular weight excluding hydrogens is 299 g/mol. The molecule has 128 valence electrons. The zero-order valence-electron chi connectivity index (χ0n) is 13.6. The fraction of sp³-hybridized carbons (Fsp3) is 0.667. The minimum Gasteiger partial charge on any atom is -0.387 e. The summed E-state index contributed by atoms with van der Waals surface area (Å²) in [6.45, 7) is 3.06. The molecule has 1 heterocycles. The van der Waals surface area contributed by atoms with Crippen LogP contribution in [0.15, 0.2) is 24.3 Å². The molecule has 1 aliphatic heterocycles. The van der Waals surface area contributed by atoms with Crippen molar-refractivity contribution in [1.29, 1.82) is 0 Å². The van der Waals surface area contributed by atoms with Gasteiger partial charge in [-0.05, 0) is 25.8 Å². The third kappa shape index (κ3) is 3.91. The third-order valence-corrected chi connectivity index (χ3v) is 4.89. The predicted molar refractivity (Wildman–Crippen MR) is 83.3 cm³/mol. The zero-order valence-corrected chi connectivity index (χ0v) is 13.6. The molecule has 4 nitrogen and oxygen atoms in total. The van der Waals surface area contributed by atoms with Crippen molar-refractivity contribution in [2.45, 2.75) is 63.1 Å². The van der Waals surface area contributed by atoms with E-state index in [4.69, 9.17) is 14.2 Å². The van der Waals surface area contributed by atoms with Gasteiger partial charge in [0, 0.05) is 18.4 Å². The summed E-state index contributed by atoms with van der Waals surface area (Å²) in [5.74, 6) is -0.953. The SMILES string of the molecule is C[C@@]1(O)CCCCC2(C[C@@H]1OCc1ccccc1F)OCCO2. The van der Waals surface area contributed by atoms with Crippen LogP contribution in [0.25, 0.3) is 0 Å². The lowest BCUT2D eigenvalue weighted by Crippen LogP contribution is -2.48. The van der Waals surface area contributed by atoms with E-state index < -0.39 is 17.5 Å². The Balaban J connectivity index is 1.73. The number of rotatable bonds is 3.